The summed E-state index contributed by atoms with van der Waals surface area (Å²) in [5.41, 5.74) is 2.60. The fourth-order valence-corrected chi connectivity index (χ4v) is 4.28. The van der Waals surface area contributed by atoms with Gasteiger partial charge in [-0.25, -0.2) is 9.13 Å². The van der Waals surface area contributed by atoms with Crippen molar-refractivity contribution in [2.45, 2.75) is 84.4 Å². The van der Waals surface area contributed by atoms with Crippen LogP contribution in [0.5, 0.6) is 0 Å². The Labute approximate surface area is 171 Å². The zero-order valence-electron chi connectivity index (χ0n) is 18.0. The van der Waals surface area contributed by atoms with Crippen molar-refractivity contribution in [3.63, 3.8) is 0 Å². The normalized spacial score (nSPS) is 15.5. The van der Waals surface area contributed by atoms with Gasteiger partial charge in [-0.15, -0.1) is 0 Å². The van der Waals surface area contributed by atoms with Crippen molar-refractivity contribution in [1.29, 1.82) is 0 Å². The highest BCUT2D eigenvalue weighted by Gasteiger charge is 2.17. The van der Waals surface area contributed by atoms with Gasteiger partial charge in [0.1, 0.15) is 6.54 Å². The van der Waals surface area contributed by atoms with Crippen LogP contribution in [0.3, 0.4) is 0 Å². The van der Waals surface area contributed by atoms with Gasteiger partial charge in [0.2, 0.25) is 6.33 Å². The summed E-state index contributed by atoms with van der Waals surface area (Å²) in [5, 5.41) is 0. The van der Waals surface area contributed by atoms with E-state index in [9.17, 15) is 0 Å². The number of ether oxygens (including phenoxy) is 1. The number of para-hydroxylation sites is 2. The first-order valence-electron chi connectivity index (χ1n) is 11.7. The van der Waals surface area contributed by atoms with Crippen LogP contribution in [0.4, 0.5) is 0 Å². The zero-order valence-corrected chi connectivity index (χ0v) is 18.0. The molecule has 0 aliphatic carbocycles. The summed E-state index contributed by atoms with van der Waals surface area (Å²) in [5.74, 6) is 0. The number of imidazole rings is 1. The van der Waals surface area contributed by atoms with Gasteiger partial charge in [0.05, 0.1) is 6.61 Å². The number of piperidine rings is 1. The van der Waals surface area contributed by atoms with Crippen LogP contribution in [0.25, 0.3) is 11.0 Å². The molecule has 0 amide bonds. The quantitative estimate of drug-likeness (QED) is 0.351. The maximum absolute atomic E-state index is 6.00. The lowest BCUT2D eigenvalue weighted by Gasteiger charge is -2.25. The Hall–Kier alpha value is -1.39. The minimum Gasteiger partial charge on any atom is -0.342 e. The standard InChI is InChI=1S/C24H40N3O/c1-2-3-4-5-6-7-13-20-28-22-27-21-26(23-14-9-10-15-24(23)27)19-18-25-16-11-8-12-17-25/h9-10,14-15,21H,2-8,11-13,16-20,22H2,1H3/q+1. The van der Waals surface area contributed by atoms with Gasteiger partial charge in [-0.2, -0.15) is 0 Å². The van der Waals surface area contributed by atoms with Gasteiger partial charge in [0, 0.05) is 6.54 Å². The summed E-state index contributed by atoms with van der Waals surface area (Å²) in [7, 11) is 0. The zero-order chi connectivity index (χ0) is 19.4. The van der Waals surface area contributed by atoms with Gasteiger partial charge in [-0.3, -0.25) is 4.90 Å². The maximum Gasteiger partial charge on any atom is 0.246 e. The molecule has 28 heavy (non-hydrogen) atoms. The average molecular weight is 387 g/mol. The number of likely N-dealkylation sites (tertiary alicyclic amines) is 1. The third-order valence-electron chi connectivity index (χ3n) is 6.01. The fraction of sp³-hybridized carbons (Fsp3) is 0.708. The average Bonchev–Trinajstić information content (AvgIpc) is 3.10. The fourth-order valence-electron chi connectivity index (χ4n) is 4.28. The van der Waals surface area contributed by atoms with Crippen molar-refractivity contribution >= 4 is 11.0 Å². The summed E-state index contributed by atoms with van der Waals surface area (Å²) in [6, 6.07) is 8.72. The summed E-state index contributed by atoms with van der Waals surface area (Å²) in [6.45, 7) is 8.54. The highest BCUT2D eigenvalue weighted by molar-refractivity contribution is 5.71. The Morgan fingerprint density at radius 2 is 1.64 bits per heavy atom. The number of benzene rings is 1. The molecule has 0 unspecified atom stereocenters. The molecule has 1 aromatic heterocycles. The third kappa shape index (κ3) is 6.59. The van der Waals surface area contributed by atoms with Crippen LogP contribution < -0.4 is 4.57 Å². The number of unbranched alkanes of at least 4 members (excludes halogenated alkanes) is 6. The molecule has 0 spiro atoms. The van der Waals surface area contributed by atoms with E-state index in [1.807, 2.05) is 0 Å². The molecule has 0 atom stereocenters. The first kappa shape index (κ1) is 21.3. The highest BCUT2D eigenvalue weighted by Crippen LogP contribution is 2.13. The Bertz CT molecular complexity index is 676. The Morgan fingerprint density at radius 1 is 0.893 bits per heavy atom. The van der Waals surface area contributed by atoms with Crippen LogP contribution in [0, 0.1) is 0 Å². The second-order valence-corrected chi connectivity index (χ2v) is 8.33. The molecule has 0 bridgehead atoms. The van der Waals surface area contributed by atoms with Crippen LogP contribution in [0.1, 0.15) is 71.1 Å². The lowest BCUT2D eigenvalue weighted by molar-refractivity contribution is -0.710. The van der Waals surface area contributed by atoms with Crippen molar-refractivity contribution in [3.8, 4) is 0 Å². The molecule has 1 aliphatic rings. The van der Waals surface area contributed by atoms with Crippen LogP contribution >= 0.6 is 0 Å². The summed E-state index contributed by atoms with van der Waals surface area (Å²) >= 11 is 0. The van der Waals surface area contributed by atoms with Gasteiger partial charge >= 0.3 is 0 Å². The van der Waals surface area contributed by atoms with E-state index in [-0.39, 0.29) is 0 Å². The predicted octanol–water partition coefficient (Wildman–Crippen LogP) is 5.14. The Morgan fingerprint density at radius 3 is 2.46 bits per heavy atom. The Kier molecular flexibility index (Phi) is 9.31. The van der Waals surface area contributed by atoms with E-state index in [1.165, 1.54) is 88.3 Å². The van der Waals surface area contributed by atoms with Crippen LogP contribution in [0.2, 0.25) is 0 Å². The van der Waals surface area contributed by atoms with Crippen molar-refractivity contribution in [3.05, 3.63) is 30.6 Å². The summed E-state index contributed by atoms with van der Waals surface area (Å²) in [4.78, 5) is 2.61. The second-order valence-electron chi connectivity index (χ2n) is 8.33. The SMILES string of the molecule is CCCCCCCCCOC[n+]1cn(CCN2CCCCC2)c2ccccc21. The lowest BCUT2D eigenvalue weighted by Crippen LogP contribution is -2.35. The molecule has 1 fully saturated rings. The van der Waals surface area contributed by atoms with E-state index in [0.29, 0.717) is 6.73 Å². The molecule has 156 valence electrons. The van der Waals surface area contributed by atoms with E-state index >= 15 is 0 Å². The molecule has 4 nitrogen and oxygen atoms in total. The smallest absolute Gasteiger partial charge is 0.246 e. The first-order chi connectivity index (χ1) is 13.9. The molecular weight excluding hydrogens is 346 g/mol. The van der Waals surface area contributed by atoms with Crippen LogP contribution in [-0.4, -0.2) is 35.7 Å². The van der Waals surface area contributed by atoms with Crippen LogP contribution in [0.15, 0.2) is 30.6 Å². The number of hydrogen-bond donors (Lipinski definition) is 0. The molecule has 3 rings (SSSR count). The molecular formula is C24H40N3O+. The molecule has 1 aliphatic heterocycles. The molecule has 2 heterocycles. The van der Waals surface area contributed by atoms with Gasteiger partial charge in [0.25, 0.3) is 0 Å². The summed E-state index contributed by atoms with van der Waals surface area (Å²) in [6.07, 6.45) is 15.7. The molecule has 1 aromatic carbocycles. The van der Waals surface area contributed by atoms with Gasteiger partial charge < -0.3 is 4.74 Å². The topological polar surface area (TPSA) is 21.3 Å². The third-order valence-corrected chi connectivity index (χ3v) is 6.01. The molecule has 1 saturated heterocycles. The second kappa shape index (κ2) is 12.2. The van der Waals surface area contributed by atoms with Gasteiger partial charge in [0.15, 0.2) is 17.8 Å². The lowest BCUT2D eigenvalue weighted by atomic mass is 10.1. The number of hydrogen-bond acceptors (Lipinski definition) is 2. The van der Waals surface area contributed by atoms with Crippen molar-refractivity contribution in [2.24, 2.45) is 0 Å². The van der Waals surface area contributed by atoms with E-state index in [2.05, 4.69) is 51.6 Å². The van der Waals surface area contributed by atoms with Gasteiger partial charge in [-0.05, 0) is 44.5 Å². The molecule has 0 N–H and O–H groups in total. The highest BCUT2D eigenvalue weighted by atomic mass is 16.5. The summed E-state index contributed by atoms with van der Waals surface area (Å²) < 4.78 is 10.7. The minimum absolute atomic E-state index is 0.660. The Balaban J connectivity index is 1.44. The van der Waals surface area contributed by atoms with Crippen LogP contribution in [-0.2, 0) is 18.0 Å². The largest absolute Gasteiger partial charge is 0.342 e. The molecule has 0 saturated carbocycles. The predicted molar refractivity (Wildman–Crippen MR) is 116 cm³/mol. The van der Waals surface area contributed by atoms with E-state index < -0.39 is 0 Å². The van der Waals surface area contributed by atoms with E-state index in [1.54, 1.807) is 0 Å². The first-order valence-corrected chi connectivity index (χ1v) is 11.7. The maximum atomic E-state index is 6.00. The van der Waals surface area contributed by atoms with Crippen molar-refractivity contribution in [2.75, 3.05) is 26.2 Å². The van der Waals surface area contributed by atoms with E-state index in [0.717, 1.165) is 19.7 Å². The minimum atomic E-state index is 0.660. The molecule has 0 radical (unpaired) electrons. The van der Waals surface area contributed by atoms with Crippen molar-refractivity contribution < 1.29 is 9.30 Å². The molecule has 2 aromatic rings. The van der Waals surface area contributed by atoms with Gasteiger partial charge in [-0.1, -0.05) is 64.0 Å². The number of rotatable bonds is 13. The monoisotopic (exact) mass is 386 g/mol. The number of nitrogens with zero attached hydrogens (tertiary/aromatic N) is 3. The number of fused-ring (bicyclic) bond motifs is 1. The van der Waals surface area contributed by atoms with Crippen molar-refractivity contribution in [1.82, 2.24) is 9.47 Å². The van der Waals surface area contributed by atoms with E-state index in [4.69, 9.17) is 4.74 Å². The number of aromatic nitrogens is 2. The molecule has 4 heteroatoms.